The Kier molecular flexibility index (Phi) is 4.85. The van der Waals surface area contributed by atoms with Crippen LogP contribution in [0.5, 0.6) is 0 Å². The predicted molar refractivity (Wildman–Crippen MR) is 96.2 cm³/mol. The minimum atomic E-state index is -0.421. The molecule has 1 aliphatic carbocycles. The van der Waals surface area contributed by atoms with E-state index in [9.17, 15) is 4.79 Å². The van der Waals surface area contributed by atoms with E-state index in [4.69, 9.17) is 12.2 Å². The molecule has 1 aliphatic rings. The molecule has 0 unspecified atom stereocenters. The number of rotatable bonds is 4. The minimum absolute atomic E-state index is 0.102. The Morgan fingerprint density at radius 2 is 2.04 bits per heavy atom. The zero-order chi connectivity index (χ0) is 17.2. The third-order valence-corrected chi connectivity index (χ3v) is 5.55. The van der Waals surface area contributed by atoms with Gasteiger partial charge in [-0.2, -0.15) is 5.10 Å². The van der Waals surface area contributed by atoms with Gasteiger partial charge in [0.1, 0.15) is 0 Å². The Morgan fingerprint density at radius 1 is 1.33 bits per heavy atom. The number of carbonyl (C=O) groups is 1. The average molecular weight is 344 g/mol. The van der Waals surface area contributed by atoms with Crippen LogP contribution >= 0.6 is 12.2 Å². The molecule has 3 rings (SSSR count). The molecule has 0 saturated heterocycles. The van der Waals surface area contributed by atoms with Crippen LogP contribution in [-0.2, 0) is 23.8 Å². The van der Waals surface area contributed by atoms with Gasteiger partial charge in [-0.25, -0.2) is 0 Å². The molecule has 1 saturated carbocycles. The molecular weight excluding hydrogens is 320 g/mol. The molecule has 0 spiro atoms. The van der Waals surface area contributed by atoms with Crippen LogP contribution < -0.4 is 5.32 Å². The molecule has 1 heterocycles. The van der Waals surface area contributed by atoms with E-state index in [1.165, 1.54) is 12.0 Å². The van der Waals surface area contributed by atoms with Gasteiger partial charge in [0, 0.05) is 7.05 Å². The van der Waals surface area contributed by atoms with E-state index < -0.39 is 5.41 Å². The number of hydrogen-bond acceptors (Lipinski definition) is 3. The van der Waals surface area contributed by atoms with Crippen LogP contribution in [0.4, 0.5) is 0 Å². The smallest absolute Gasteiger partial charge is 0.231 e. The Balaban J connectivity index is 1.86. The van der Waals surface area contributed by atoms with Crippen molar-refractivity contribution in [3.63, 3.8) is 0 Å². The lowest BCUT2D eigenvalue weighted by Crippen LogP contribution is -2.46. The van der Waals surface area contributed by atoms with E-state index in [1.54, 1.807) is 4.57 Å². The first-order valence-electron chi connectivity index (χ1n) is 8.49. The Hall–Kier alpha value is -1.95. The van der Waals surface area contributed by atoms with Crippen molar-refractivity contribution in [3.8, 4) is 0 Å². The molecule has 2 aromatic rings. The van der Waals surface area contributed by atoms with Crippen molar-refractivity contribution in [2.24, 2.45) is 7.05 Å². The monoisotopic (exact) mass is 344 g/mol. The highest BCUT2D eigenvalue weighted by Gasteiger charge is 2.41. The van der Waals surface area contributed by atoms with Gasteiger partial charge in [-0.05, 0) is 43.1 Å². The van der Waals surface area contributed by atoms with Crippen molar-refractivity contribution in [2.45, 2.75) is 51.0 Å². The van der Waals surface area contributed by atoms with Crippen LogP contribution in [0.1, 0.15) is 49.1 Å². The second-order valence-electron chi connectivity index (χ2n) is 6.64. The Bertz CT molecular complexity index is 786. The van der Waals surface area contributed by atoms with Crippen molar-refractivity contribution in [3.05, 3.63) is 46.0 Å². The summed E-state index contributed by atoms with van der Waals surface area (Å²) in [5.74, 6) is 0.842. The molecule has 128 valence electrons. The highest BCUT2D eigenvalue weighted by Crippen LogP contribution is 2.41. The van der Waals surface area contributed by atoms with E-state index in [1.807, 2.05) is 19.2 Å². The van der Waals surface area contributed by atoms with Crippen LogP contribution in [0.3, 0.4) is 0 Å². The summed E-state index contributed by atoms with van der Waals surface area (Å²) in [5.41, 5.74) is 1.93. The lowest BCUT2D eigenvalue weighted by Gasteiger charge is -2.37. The minimum Gasteiger partial charge on any atom is -0.348 e. The summed E-state index contributed by atoms with van der Waals surface area (Å²) < 4.78 is 2.35. The van der Waals surface area contributed by atoms with Crippen molar-refractivity contribution in [1.29, 1.82) is 0 Å². The van der Waals surface area contributed by atoms with Crippen molar-refractivity contribution >= 4 is 18.1 Å². The highest BCUT2D eigenvalue weighted by molar-refractivity contribution is 7.71. The molecule has 5 nitrogen and oxygen atoms in total. The molecule has 6 heteroatoms. The summed E-state index contributed by atoms with van der Waals surface area (Å²) in [5, 5.41) is 10.0. The van der Waals surface area contributed by atoms with Gasteiger partial charge in [0.25, 0.3) is 0 Å². The second kappa shape index (κ2) is 6.89. The number of nitrogens with one attached hydrogen (secondary N) is 2. The van der Waals surface area contributed by atoms with Gasteiger partial charge >= 0.3 is 0 Å². The summed E-state index contributed by atoms with van der Waals surface area (Å²) in [6, 6.07) is 8.26. The van der Waals surface area contributed by atoms with Crippen molar-refractivity contribution in [2.75, 3.05) is 0 Å². The molecule has 1 aromatic carbocycles. The van der Waals surface area contributed by atoms with Crippen LogP contribution in [0.2, 0.25) is 0 Å². The number of aromatic nitrogens is 3. The molecular formula is C18H24N4OS. The fraction of sp³-hybridized carbons (Fsp3) is 0.500. The van der Waals surface area contributed by atoms with E-state index in [-0.39, 0.29) is 5.91 Å². The number of nitrogens with zero attached hydrogens (tertiary/aromatic N) is 2. The fourth-order valence-electron chi connectivity index (χ4n) is 3.75. The zero-order valence-electron chi connectivity index (χ0n) is 14.3. The summed E-state index contributed by atoms with van der Waals surface area (Å²) >= 11 is 5.13. The second-order valence-corrected chi connectivity index (χ2v) is 7.03. The lowest BCUT2D eigenvalue weighted by atomic mass is 9.67. The summed E-state index contributed by atoms with van der Waals surface area (Å²) in [6.45, 7) is 2.48. The predicted octanol–water partition coefficient (Wildman–Crippen LogP) is 3.30. The summed E-state index contributed by atoms with van der Waals surface area (Å²) in [4.78, 5) is 13.2. The van der Waals surface area contributed by atoms with Crippen LogP contribution in [-0.4, -0.2) is 20.7 Å². The van der Waals surface area contributed by atoms with E-state index in [0.29, 0.717) is 11.3 Å². The third kappa shape index (κ3) is 3.02. The van der Waals surface area contributed by atoms with E-state index in [0.717, 1.165) is 37.1 Å². The summed E-state index contributed by atoms with van der Waals surface area (Å²) in [7, 11) is 1.85. The lowest BCUT2D eigenvalue weighted by molar-refractivity contribution is -0.128. The molecule has 24 heavy (non-hydrogen) atoms. The van der Waals surface area contributed by atoms with Crippen LogP contribution in [0, 0.1) is 11.7 Å². The van der Waals surface area contributed by atoms with Gasteiger partial charge < -0.3 is 9.88 Å². The maximum atomic E-state index is 13.2. The number of hydrogen-bond donors (Lipinski definition) is 2. The summed E-state index contributed by atoms with van der Waals surface area (Å²) in [6.07, 6.45) is 5.20. The number of carbonyl (C=O) groups excluding carboxylic acids is 1. The molecule has 1 fully saturated rings. The molecule has 0 aliphatic heterocycles. The third-order valence-electron chi connectivity index (χ3n) is 5.18. The molecule has 1 aromatic heterocycles. The standard InChI is InChI=1S/C18H24N4OS/c1-13-8-4-5-9-14(13)18(10-6-3-7-11-18)16(23)19-12-15-20-21-17(24)22(15)2/h4-5,8-9H,3,6-7,10-12H2,1-2H3,(H,19,23)(H,21,24). The number of aromatic amines is 1. The largest absolute Gasteiger partial charge is 0.348 e. The molecule has 0 radical (unpaired) electrons. The van der Waals surface area contributed by atoms with Gasteiger partial charge in [0.2, 0.25) is 5.91 Å². The fourth-order valence-corrected chi connectivity index (χ4v) is 3.90. The van der Waals surface area contributed by atoms with Gasteiger partial charge in [-0.1, -0.05) is 43.5 Å². The maximum Gasteiger partial charge on any atom is 0.231 e. The first-order valence-corrected chi connectivity index (χ1v) is 8.90. The van der Waals surface area contributed by atoms with Gasteiger partial charge in [-0.15, -0.1) is 0 Å². The molecule has 2 N–H and O–H groups in total. The first-order chi connectivity index (χ1) is 11.5. The van der Waals surface area contributed by atoms with Crippen molar-refractivity contribution in [1.82, 2.24) is 20.1 Å². The molecule has 0 bridgehead atoms. The van der Waals surface area contributed by atoms with E-state index >= 15 is 0 Å². The number of benzene rings is 1. The molecule has 0 atom stereocenters. The highest BCUT2D eigenvalue weighted by atomic mass is 32.1. The quantitative estimate of drug-likeness (QED) is 0.837. The van der Waals surface area contributed by atoms with Gasteiger partial charge in [0.05, 0.1) is 12.0 Å². The zero-order valence-corrected chi connectivity index (χ0v) is 15.1. The SMILES string of the molecule is Cc1ccccc1C1(C(=O)NCc2n[nH]c(=S)n2C)CCCCC1. The Labute approximate surface area is 147 Å². The van der Waals surface area contributed by atoms with Crippen molar-refractivity contribution < 1.29 is 4.79 Å². The molecule has 1 amide bonds. The number of aryl methyl sites for hydroxylation is 1. The first kappa shape index (κ1) is 16.9. The number of H-pyrrole nitrogens is 1. The average Bonchev–Trinajstić information content (AvgIpc) is 2.92. The van der Waals surface area contributed by atoms with Crippen LogP contribution in [0.15, 0.2) is 24.3 Å². The topological polar surface area (TPSA) is 62.7 Å². The number of amides is 1. The van der Waals surface area contributed by atoms with Crippen LogP contribution in [0.25, 0.3) is 0 Å². The Morgan fingerprint density at radius 3 is 2.67 bits per heavy atom. The van der Waals surface area contributed by atoms with Gasteiger partial charge in [-0.3, -0.25) is 9.89 Å². The van der Waals surface area contributed by atoms with Gasteiger partial charge in [0.15, 0.2) is 10.6 Å². The maximum absolute atomic E-state index is 13.2. The normalized spacial score (nSPS) is 16.8. The van der Waals surface area contributed by atoms with E-state index in [2.05, 4.69) is 34.6 Å².